The fraction of sp³-hybridized carbons (Fsp3) is 0.261. The molecule has 0 N–H and O–H groups in total. The van der Waals surface area contributed by atoms with Gasteiger partial charge in [-0.2, -0.15) is 0 Å². The predicted octanol–water partition coefficient (Wildman–Crippen LogP) is 3.81. The van der Waals surface area contributed by atoms with Crippen LogP contribution in [-0.2, 0) is 20.9 Å². The van der Waals surface area contributed by atoms with Crippen LogP contribution >= 0.6 is 23.4 Å². The van der Waals surface area contributed by atoms with Gasteiger partial charge in [0.1, 0.15) is 18.9 Å². The second-order valence-corrected chi connectivity index (χ2v) is 8.58. The summed E-state index contributed by atoms with van der Waals surface area (Å²) in [6.45, 7) is 1.83. The van der Waals surface area contributed by atoms with Gasteiger partial charge in [-0.05, 0) is 30.0 Å². The van der Waals surface area contributed by atoms with Gasteiger partial charge in [0, 0.05) is 29.2 Å². The molecule has 0 saturated carbocycles. The molecule has 3 amide bonds. The number of ether oxygens (including phenoxy) is 2. The highest BCUT2D eigenvalue weighted by Crippen LogP contribution is 2.34. The van der Waals surface area contributed by atoms with Gasteiger partial charge >= 0.3 is 0 Å². The Bertz CT molecular complexity index is 1070. The summed E-state index contributed by atoms with van der Waals surface area (Å²) in [5, 5.41) is 0.147. The summed E-state index contributed by atoms with van der Waals surface area (Å²) in [6, 6.07) is 14.6. The van der Waals surface area contributed by atoms with Crippen LogP contribution in [0.15, 0.2) is 53.4 Å². The fourth-order valence-corrected chi connectivity index (χ4v) is 4.35. The van der Waals surface area contributed by atoms with E-state index in [4.69, 9.17) is 21.1 Å². The van der Waals surface area contributed by atoms with Crippen LogP contribution in [0.4, 0.5) is 4.79 Å². The van der Waals surface area contributed by atoms with E-state index in [9.17, 15) is 14.4 Å². The molecule has 32 heavy (non-hydrogen) atoms. The molecule has 0 spiro atoms. The van der Waals surface area contributed by atoms with E-state index >= 15 is 0 Å². The molecule has 0 unspecified atom stereocenters. The van der Waals surface area contributed by atoms with Gasteiger partial charge in [-0.25, -0.2) is 0 Å². The van der Waals surface area contributed by atoms with Crippen LogP contribution in [0.2, 0.25) is 5.02 Å². The third-order valence-electron chi connectivity index (χ3n) is 5.08. The van der Waals surface area contributed by atoms with Crippen molar-refractivity contribution in [2.45, 2.75) is 6.61 Å². The van der Waals surface area contributed by atoms with Crippen molar-refractivity contribution in [3.05, 3.63) is 69.6 Å². The van der Waals surface area contributed by atoms with E-state index in [-0.39, 0.29) is 24.0 Å². The lowest BCUT2D eigenvalue weighted by Gasteiger charge is -2.28. The number of amides is 3. The summed E-state index contributed by atoms with van der Waals surface area (Å²) in [4.78, 5) is 40.6. The number of hydrogen-bond acceptors (Lipinski definition) is 6. The zero-order valence-electron chi connectivity index (χ0n) is 17.2. The van der Waals surface area contributed by atoms with Crippen molar-refractivity contribution in [2.24, 2.45) is 0 Å². The maximum Gasteiger partial charge on any atom is 0.294 e. The molecule has 2 heterocycles. The molecule has 2 fully saturated rings. The first-order valence-electron chi connectivity index (χ1n) is 10.1. The molecule has 2 saturated heterocycles. The summed E-state index contributed by atoms with van der Waals surface area (Å²) in [7, 11) is 0. The van der Waals surface area contributed by atoms with Crippen LogP contribution in [0.1, 0.15) is 11.1 Å². The van der Waals surface area contributed by atoms with Gasteiger partial charge in [0.25, 0.3) is 11.1 Å². The number of rotatable bonds is 6. The highest BCUT2D eigenvalue weighted by atomic mass is 35.5. The Hall–Kier alpha value is -2.81. The van der Waals surface area contributed by atoms with Gasteiger partial charge in [-0.3, -0.25) is 19.3 Å². The first-order chi connectivity index (χ1) is 15.5. The molecule has 2 aliphatic rings. The van der Waals surface area contributed by atoms with Crippen molar-refractivity contribution in [2.75, 3.05) is 32.8 Å². The minimum Gasteiger partial charge on any atom is -0.488 e. The van der Waals surface area contributed by atoms with E-state index in [1.165, 1.54) is 0 Å². The third kappa shape index (κ3) is 5.15. The number of benzene rings is 2. The lowest BCUT2D eigenvalue weighted by Crippen LogP contribution is -2.46. The Balaban J connectivity index is 1.47. The van der Waals surface area contributed by atoms with Crippen LogP contribution in [0.25, 0.3) is 6.08 Å². The monoisotopic (exact) mass is 472 g/mol. The number of halogens is 1. The number of thioether (sulfide) groups is 1. The Morgan fingerprint density at radius 2 is 1.81 bits per heavy atom. The molecule has 0 radical (unpaired) electrons. The average Bonchev–Trinajstić information content (AvgIpc) is 3.07. The molecular weight excluding hydrogens is 452 g/mol. The Labute approximate surface area is 194 Å². The van der Waals surface area contributed by atoms with E-state index in [0.29, 0.717) is 42.6 Å². The van der Waals surface area contributed by atoms with Crippen molar-refractivity contribution in [3.8, 4) is 5.75 Å². The summed E-state index contributed by atoms with van der Waals surface area (Å²) < 4.78 is 11.2. The molecular formula is C23H21ClN2O5S. The number of nitrogens with zero attached hydrogens (tertiary/aromatic N) is 2. The summed E-state index contributed by atoms with van der Waals surface area (Å²) in [6.07, 6.45) is 1.62. The van der Waals surface area contributed by atoms with Crippen molar-refractivity contribution < 1.29 is 23.9 Å². The van der Waals surface area contributed by atoms with E-state index < -0.39 is 11.1 Å². The van der Waals surface area contributed by atoms with E-state index in [1.54, 1.807) is 29.2 Å². The summed E-state index contributed by atoms with van der Waals surface area (Å²) >= 11 is 7.01. The second-order valence-electron chi connectivity index (χ2n) is 7.18. The van der Waals surface area contributed by atoms with Crippen LogP contribution in [0.3, 0.4) is 0 Å². The SMILES string of the molecule is O=C(CN1C(=O)S/C(=C/c2ccccc2OCc2ccccc2Cl)C1=O)N1CCOCC1. The molecule has 0 atom stereocenters. The van der Waals surface area contributed by atoms with Crippen LogP contribution in [0.5, 0.6) is 5.75 Å². The zero-order chi connectivity index (χ0) is 22.5. The van der Waals surface area contributed by atoms with Crippen molar-refractivity contribution in [1.82, 2.24) is 9.80 Å². The third-order valence-corrected chi connectivity index (χ3v) is 6.35. The Kier molecular flexibility index (Phi) is 7.14. The first-order valence-corrected chi connectivity index (χ1v) is 11.3. The molecule has 2 aromatic rings. The topological polar surface area (TPSA) is 76.2 Å². The van der Waals surface area contributed by atoms with Crippen LogP contribution in [0, 0.1) is 0 Å². The van der Waals surface area contributed by atoms with E-state index in [2.05, 4.69) is 0 Å². The maximum atomic E-state index is 12.8. The molecule has 166 valence electrons. The molecule has 2 aliphatic heterocycles. The molecule has 0 bridgehead atoms. The molecule has 0 aromatic heterocycles. The lowest BCUT2D eigenvalue weighted by atomic mass is 10.1. The first kappa shape index (κ1) is 22.4. The van der Waals surface area contributed by atoms with Gasteiger partial charge in [-0.1, -0.05) is 48.0 Å². The van der Waals surface area contributed by atoms with Crippen molar-refractivity contribution in [3.63, 3.8) is 0 Å². The van der Waals surface area contributed by atoms with E-state index in [0.717, 1.165) is 22.2 Å². The van der Waals surface area contributed by atoms with Gasteiger partial charge in [0.15, 0.2) is 0 Å². The number of hydrogen-bond donors (Lipinski definition) is 0. The van der Waals surface area contributed by atoms with Crippen LogP contribution in [-0.4, -0.2) is 59.7 Å². The quantitative estimate of drug-likeness (QED) is 0.595. The van der Waals surface area contributed by atoms with Crippen LogP contribution < -0.4 is 4.74 Å². The molecule has 0 aliphatic carbocycles. The average molecular weight is 473 g/mol. The van der Waals surface area contributed by atoms with Gasteiger partial charge in [0.2, 0.25) is 5.91 Å². The van der Waals surface area contributed by atoms with Gasteiger partial charge < -0.3 is 14.4 Å². The number of carbonyl (C=O) groups is 3. The Morgan fingerprint density at radius 1 is 1.09 bits per heavy atom. The number of carbonyl (C=O) groups excluding carboxylic acids is 3. The van der Waals surface area contributed by atoms with Gasteiger partial charge in [0.05, 0.1) is 18.1 Å². The highest BCUT2D eigenvalue weighted by Gasteiger charge is 2.37. The summed E-state index contributed by atoms with van der Waals surface area (Å²) in [5.74, 6) is -0.188. The predicted molar refractivity (Wildman–Crippen MR) is 122 cm³/mol. The smallest absolute Gasteiger partial charge is 0.294 e. The largest absolute Gasteiger partial charge is 0.488 e. The van der Waals surface area contributed by atoms with Crippen molar-refractivity contribution >= 4 is 46.5 Å². The maximum absolute atomic E-state index is 12.8. The second kappa shape index (κ2) is 10.2. The fourth-order valence-electron chi connectivity index (χ4n) is 3.33. The standard InChI is InChI=1S/C23H21ClN2O5S/c24-18-7-3-1-6-17(18)15-31-19-8-4-2-5-16(19)13-20-22(28)26(23(29)32-20)14-21(27)25-9-11-30-12-10-25/h1-8,13H,9-12,14-15H2/b20-13+. The van der Waals surface area contributed by atoms with Crippen molar-refractivity contribution in [1.29, 1.82) is 0 Å². The lowest BCUT2D eigenvalue weighted by molar-refractivity contribution is -0.139. The van der Waals surface area contributed by atoms with Gasteiger partial charge in [-0.15, -0.1) is 0 Å². The number of imide groups is 1. The summed E-state index contributed by atoms with van der Waals surface area (Å²) in [5.41, 5.74) is 1.50. The molecule has 4 rings (SSSR count). The highest BCUT2D eigenvalue weighted by molar-refractivity contribution is 8.18. The molecule has 9 heteroatoms. The number of morpholine rings is 1. The normalized spacial score (nSPS) is 17.8. The molecule has 2 aromatic carbocycles. The Morgan fingerprint density at radius 3 is 2.59 bits per heavy atom. The minimum absolute atomic E-state index is 0.249. The molecule has 7 nitrogen and oxygen atoms in total. The zero-order valence-corrected chi connectivity index (χ0v) is 18.7. The minimum atomic E-state index is -0.484. The number of para-hydroxylation sites is 1. The van der Waals surface area contributed by atoms with E-state index in [1.807, 2.05) is 30.3 Å².